The SMILES string of the molecule is CCS(=O)(=O)N1CCN(Cc2cccc([N+](=O)[O-])c2)CC1.O=C(O)C(=O)O. The van der Waals surface area contributed by atoms with E-state index in [1.165, 1.54) is 10.4 Å². The highest BCUT2D eigenvalue weighted by Crippen LogP contribution is 2.16. The molecule has 1 aliphatic heterocycles. The molecule has 1 heterocycles. The van der Waals surface area contributed by atoms with Gasteiger partial charge in [0.25, 0.3) is 5.69 Å². The van der Waals surface area contributed by atoms with Gasteiger partial charge in [-0.2, -0.15) is 4.31 Å². The summed E-state index contributed by atoms with van der Waals surface area (Å²) in [5.74, 6) is -3.53. The van der Waals surface area contributed by atoms with Gasteiger partial charge in [0.15, 0.2) is 0 Å². The lowest BCUT2D eigenvalue weighted by Crippen LogP contribution is -2.48. The van der Waals surface area contributed by atoms with Crippen LogP contribution in [0.4, 0.5) is 5.69 Å². The maximum absolute atomic E-state index is 11.8. The molecular weight excluding hydrogens is 382 g/mol. The monoisotopic (exact) mass is 403 g/mol. The summed E-state index contributed by atoms with van der Waals surface area (Å²) in [7, 11) is -3.12. The molecule has 0 radical (unpaired) electrons. The van der Waals surface area contributed by atoms with Crippen molar-refractivity contribution in [2.45, 2.75) is 13.5 Å². The van der Waals surface area contributed by atoms with Gasteiger partial charge in [0.1, 0.15) is 0 Å². The zero-order valence-electron chi connectivity index (χ0n) is 14.6. The lowest BCUT2D eigenvalue weighted by Gasteiger charge is -2.33. The van der Waals surface area contributed by atoms with E-state index in [-0.39, 0.29) is 11.4 Å². The molecule has 0 atom stereocenters. The van der Waals surface area contributed by atoms with E-state index >= 15 is 0 Å². The van der Waals surface area contributed by atoms with Gasteiger partial charge in [-0.15, -0.1) is 0 Å². The Morgan fingerprint density at radius 3 is 2.15 bits per heavy atom. The topological polar surface area (TPSA) is 158 Å². The highest BCUT2D eigenvalue weighted by Gasteiger charge is 2.25. The molecule has 150 valence electrons. The van der Waals surface area contributed by atoms with E-state index in [2.05, 4.69) is 4.90 Å². The van der Waals surface area contributed by atoms with Crippen molar-refractivity contribution in [2.24, 2.45) is 0 Å². The van der Waals surface area contributed by atoms with Gasteiger partial charge in [-0.1, -0.05) is 12.1 Å². The highest BCUT2D eigenvalue weighted by atomic mass is 32.2. The van der Waals surface area contributed by atoms with E-state index in [1.54, 1.807) is 19.1 Å². The Bertz CT molecular complexity index is 776. The van der Waals surface area contributed by atoms with E-state index < -0.39 is 26.9 Å². The second-order valence-corrected chi connectivity index (χ2v) is 7.87. The number of benzene rings is 1. The molecular formula is C15H21N3O8S. The summed E-state index contributed by atoms with van der Waals surface area (Å²) in [6.07, 6.45) is 0. The van der Waals surface area contributed by atoms with Crippen molar-refractivity contribution < 1.29 is 33.1 Å². The Morgan fingerprint density at radius 2 is 1.70 bits per heavy atom. The third kappa shape index (κ3) is 7.29. The van der Waals surface area contributed by atoms with Crippen molar-refractivity contribution in [3.8, 4) is 0 Å². The Kier molecular flexibility index (Phi) is 8.28. The first-order chi connectivity index (χ1) is 12.6. The molecule has 0 spiro atoms. The predicted molar refractivity (Wildman–Crippen MR) is 94.7 cm³/mol. The largest absolute Gasteiger partial charge is 0.473 e. The minimum absolute atomic E-state index is 0.0831. The maximum atomic E-state index is 11.8. The van der Waals surface area contributed by atoms with Gasteiger partial charge in [-0.05, 0) is 12.5 Å². The third-order valence-corrected chi connectivity index (χ3v) is 5.68. The summed E-state index contributed by atoms with van der Waals surface area (Å²) in [4.78, 5) is 30.7. The molecule has 1 aromatic rings. The van der Waals surface area contributed by atoms with Crippen molar-refractivity contribution in [1.82, 2.24) is 9.21 Å². The van der Waals surface area contributed by atoms with Crippen LogP contribution in [0.15, 0.2) is 24.3 Å². The molecule has 2 N–H and O–H groups in total. The second-order valence-electron chi connectivity index (χ2n) is 5.61. The summed E-state index contributed by atoms with van der Waals surface area (Å²) in [5, 5.41) is 25.5. The van der Waals surface area contributed by atoms with Crippen LogP contribution in [0.25, 0.3) is 0 Å². The third-order valence-electron chi connectivity index (χ3n) is 3.80. The lowest BCUT2D eigenvalue weighted by molar-refractivity contribution is -0.384. The summed E-state index contributed by atoms with van der Waals surface area (Å²) >= 11 is 0. The van der Waals surface area contributed by atoms with E-state index in [4.69, 9.17) is 19.8 Å². The molecule has 0 saturated carbocycles. The average Bonchev–Trinajstić information content (AvgIpc) is 2.63. The van der Waals surface area contributed by atoms with Crippen molar-refractivity contribution in [2.75, 3.05) is 31.9 Å². The van der Waals surface area contributed by atoms with Crippen LogP contribution in [0, 0.1) is 10.1 Å². The van der Waals surface area contributed by atoms with Crippen LogP contribution in [0.5, 0.6) is 0 Å². The zero-order chi connectivity index (χ0) is 20.6. The number of rotatable bonds is 5. The second kappa shape index (κ2) is 9.94. The molecule has 12 heteroatoms. The molecule has 1 aromatic carbocycles. The number of non-ortho nitro benzene ring substituents is 1. The van der Waals surface area contributed by atoms with Gasteiger partial charge in [-0.3, -0.25) is 15.0 Å². The molecule has 0 bridgehead atoms. The number of nitro benzene ring substituents is 1. The quantitative estimate of drug-likeness (QED) is 0.398. The van der Waals surface area contributed by atoms with Crippen LogP contribution in [0.2, 0.25) is 0 Å². The first kappa shape index (κ1) is 22.5. The molecule has 2 rings (SSSR count). The number of nitro groups is 1. The minimum atomic E-state index is -3.12. The van der Waals surface area contributed by atoms with Gasteiger partial charge in [0.2, 0.25) is 10.0 Å². The fraction of sp³-hybridized carbons (Fsp3) is 0.467. The predicted octanol–water partition coefficient (Wildman–Crippen LogP) is 0.218. The number of hydrogen-bond acceptors (Lipinski definition) is 7. The summed E-state index contributed by atoms with van der Waals surface area (Å²) in [6.45, 7) is 4.48. The van der Waals surface area contributed by atoms with Crippen LogP contribution < -0.4 is 0 Å². The van der Waals surface area contributed by atoms with E-state index in [0.717, 1.165) is 5.56 Å². The number of sulfonamides is 1. The van der Waals surface area contributed by atoms with Crippen molar-refractivity contribution in [1.29, 1.82) is 0 Å². The van der Waals surface area contributed by atoms with Crippen molar-refractivity contribution in [3.05, 3.63) is 39.9 Å². The van der Waals surface area contributed by atoms with Crippen LogP contribution in [0.1, 0.15) is 12.5 Å². The van der Waals surface area contributed by atoms with E-state index in [1.807, 2.05) is 6.07 Å². The van der Waals surface area contributed by atoms with Crippen LogP contribution in [-0.2, 0) is 26.2 Å². The maximum Gasteiger partial charge on any atom is 0.414 e. The zero-order valence-corrected chi connectivity index (χ0v) is 15.5. The number of nitrogens with zero attached hydrogens (tertiary/aromatic N) is 3. The van der Waals surface area contributed by atoms with E-state index in [9.17, 15) is 18.5 Å². The fourth-order valence-electron chi connectivity index (χ4n) is 2.37. The number of aliphatic carboxylic acids is 2. The standard InChI is InChI=1S/C13H19N3O4S.C2H2O4/c1-2-21(19,20)15-8-6-14(7-9-15)11-12-4-3-5-13(10-12)16(17)18;3-1(4)2(5)6/h3-5,10H,2,6-9,11H2,1H3;(H,3,4)(H,5,6). The molecule has 0 unspecified atom stereocenters. The normalized spacial score (nSPS) is 15.4. The number of carbonyl (C=O) groups is 2. The lowest BCUT2D eigenvalue weighted by atomic mass is 10.2. The molecule has 0 amide bonds. The van der Waals surface area contributed by atoms with E-state index in [0.29, 0.717) is 32.7 Å². The average molecular weight is 403 g/mol. The molecule has 11 nitrogen and oxygen atoms in total. The van der Waals surface area contributed by atoms with Gasteiger partial charge in [0, 0.05) is 44.9 Å². The van der Waals surface area contributed by atoms with Crippen LogP contribution >= 0.6 is 0 Å². The molecule has 1 saturated heterocycles. The Hall–Kier alpha value is -2.57. The fourth-order valence-corrected chi connectivity index (χ4v) is 3.46. The summed E-state index contributed by atoms with van der Waals surface area (Å²) in [5.41, 5.74) is 0.954. The van der Waals surface area contributed by atoms with Gasteiger partial charge in [0.05, 0.1) is 10.7 Å². The van der Waals surface area contributed by atoms with Gasteiger partial charge < -0.3 is 10.2 Å². The number of piperazine rings is 1. The molecule has 1 aliphatic rings. The van der Waals surface area contributed by atoms with Crippen LogP contribution in [-0.4, -0.2) is 76.6 Å². The first-order valence-corrected chi connectivity index (χ1v) is 9.57. The summed E-state index contributed by atoms with van der Waals surface area (Å²) in [6, 6.07) is 6.55. The molecule has 27 heavy (non-hydrogen) atoms. The van der Waals surface area contributed by atoms with Gasteiger partial charge >= 0.3 is 11.9 Å². The minimum Gasteiger partial charge on any atom is -0.473 e. The van der Waals surface area contributed by atoms with Gasteiger partial charge in [-0.25, -0.2) is 18.0 Å². The number of carboxylic acids is 2. The van der Waals surface area contributed by atoms with Crippen LogP contribution in [0.3, 0.4) is 0 Å². The van der Waals surface area contributed by atoms with Crippen molar-refractivity contribution >= 4 is 27.6 Å². The first-order valence-electron chi connectivity index (χ1n) is 7.96. The number of carboxylic acid groups (broad SMARTS) is 2. The Morgan fingerprint density at radius 1 is 1.15 bits per heavy atom. The number of hydrogen-bond donors (Lipinski definition) is 2. The Labute approximate surface area is 156 Å². The molecule has 0 aliphatic carbocycles. The van der Waals surface area contributed by atoms with Crippen molar-refractivity contribution in [3.63, 3.8) is 0 Å². The summed E-state index contributed by atoms with van der Waals surface area (Å²) < 4.78 is 25.1. The smallest absolute Gasteiger partial charge is 0.414 e. The molecule has 1 fully saturated rings. The molecule has 0 aromatic heterocycles. The highest BCUT2D eigenvalue weighted by molar-refractivity contribution is 7.89. The Balaban J connectivity index is 0.000000527.